The van der Waals surface area contributed by atoms with Crippen molar-refractivity contribution in [1.29, 1.82) is 0 Å². The number of phenols is 1. The fraction of sp³-hybridized carbons (Fsp3) is 0.458. The van der Waals surface area contributed by atoms with Crippen LogP contribution in [0.3, 0.4) is 0 Å². The molecule has 1 aliphatic carbocycles. The molecule has 0 aromatic heterocycles. The number of methoxy groups -OCH3 is 1. The van der Waals surface area contributed by atoms with Crippen molar-refractivity contribution in [2.75, 3.05) is 7.11 Å². The molecule has 0 radical (unpaired) electrons. The van der Waals surface area contributed by atoms with Gasteiger partial charge in [-0.2, -0.15) is 0 Å². The normalized spacial score (nSPS) is 19.1. The number of aliphatic imine (C=N–C) groups is 1. The van der Waals surface area contributed by atoms with Gasteiger partial charge in [0.05, 0.1) is 13.2 Å². The SMILES string of the molecule is COc1cc(C=NC2CCCCC2C)c(O)c(C(C)(C)c2ccccc2)c1.[Cl][Zr][Cl]. The molecule has 2 aromatic carbocycles. The third-order valence-electron chi connectivity index (χ3n) is 5.99. The third-order valence-corrected chi connectivity index (χ3v) is 5.99. The number of benzene rings is 2. The molecule has 2 unspecified atom stereocenters. The van der Waals surface area contributed by atoms with Gasteiger partial charge in [-0.25, -0.2) is 0 Å². The summed E-state index contributed by atoms with van der Waals surface area (Å²) in [5, 5.41) is 11.1. The van der Waals surface area contributed by atoms with E-state index in [-0.39, 0.29) is 11.2 Å². The summed E-state index contributed by atoms with van der Waals surface area (Å²) in [7, 11) is 11.5. The Kier molecular flexibility index (Phi) is 10.4. The zero-order valence-electron chi connectivity index (χ0n) is 18.2. The van der Waals surface area contributed by atoms with Crippen molar-refractivity contribution in [2.45, 2.75) is 57.9 Å². The molecule has 0 amide bonds. The second kappa shape index (κ2) is 12.3. The standard InChI is InChI=1S/C24H31NO2.2ClH.Zr/c1-17-10-8-9-13-22(17)25-16-18-14-20(27-4)15-21(23(18)26)24(2,3)19-11-6-5-7-12-19;;;/h5-7,11-12,14-17,22,26H,8-10,13H2,1-4H3;2*1H;/q;;;+2/p-2. The molecule has 1 N–H and O–H groups in total. The minimum atomic E-state index is -0.826. The molecular weight excluding hydrogens is 496 g/mol. The van der Waals surface area contributed by atoms with Crippen LogP contribution in [0.5, 0.6) is 11.5 Å². The van der Waals surface area contributed by atoms with Crippen LogP contribution in [0, 0.1) is 5.92 Å². The van der Waals surface area contributed by atoms with Gasteiger partial charge in [0.1, 0.15) is 11.5 Å². The Hall–Kier alpha value is -0.827. The summed E-state index contributed by atoms with van der Waals surface area (Å²) in [5.74, 6) is 1.63. The third kappa shape index (κ3) is 6.58. The van der Waals surface area contributed by atoms with E-state index in [1.54, 1.807) is 7.11 Å². The van der Waals surface area contributed by atoms with E-state index < -0.39 is 20.8 Å². The Balaban J connectivity index is 0.00000101. The van der Waals surface area contributed by atoms with Crippen LogP contribution < -0.4 is 4.74 Å². The van der Waals surface area contributed by atoms with Gasteiger partial charge in [0.15, 0.2) is 0 Å². The average Bonchev–Trinajstić information content (AvgIpc) is 2.75. The van der Waals surface area contributed by atoms with Gasteiger partial charge in [-0.3, -0.25) is 4.99 Å². The number of hydrogen-bond donors (Lipinski definition) is 1. The maximum atomic E-state index is 11.1. The van der Waals surface area contributed by atoms with Crippen molar-refractivity contribution in [2.24, 2.45) is 10.9 Å². The molecule has 3 nitrogen and oxygen atoms in total. The maximum absolute atomic E-state index is 11.1. The van der Waals surface area contributed by atoms with E-state index in [1.165, 1.54) is 19.3 Å². The topological polar surface area (TPSA) is 41.8 Å². The Bertz CT molecular complexity index is 827. The predicted molar refractivity (Wildman–Crippen MR) is 124 cm³/mol. The molecule has 3 rings (SSSR count). The van der Waals surface area contributed by atoms with Crippen LogP contribution >= 0.6 is 17.0 Å². The van der Waals surface area contributed by atoms with Gasteiger partial charge in [-0.15, -0.1) is 0 Å². The summed E-state index contributed by atoms with van der Waals surface area (Å²) in [4.78, 5) is 4.83. The molecule has 2 atom stereocenters. The Labute approximate surface area is 199 Å². The second-order valence-electron chi connectivity index (χ2n) is 8.28. The molecule has 0 bridgehead atoms. The van der Waals surface area contributed by atoms with E-state index in [9.17, 15) is 5.11 Å². The first-order valence-electron chi connectivity index (χ1n) is 10.3. The van der Waals surface area contributed by atoms with Crippen molar-refractivity contribution in [3.05, 3.63) is 59.2 Å². The van der Waals surface area contributed by atoms with E-state index in [1.807, 2.05) is 36.5 Å². The van der Waals surface area contributed by atoms with Gasteiger partial charge in [-0.05, 0) is 36.5 Å². The summed E-state index contributed by atoms with van der Waals surface area (Å²) in [6.07, 6.45) is 6.74. The van der Waals surface area contributed by atoms with Crippen molar-refractivity contribution < 1.29 is 30.7 Å². The van der Waals surface area contributed by atoms with Crippen LogP contribution in [-0.4, -0.2) is 24.5 Å². The number of aromatic hydroxyl groups is 1. The number of rotatable bonds is 5. The Morgan fingerprint density at radius 1 is 1.13 bits per heavy atom. The number of ether oxygens (including phenoxy) is 1. The molecule has 0 heterocycles. The molecule has 0 aliphatic heterocycles. The molecule has 162 valence electrons. The summed E-state index contributed by atoms with van der Waals surface area (Å²) in [6, 6.07) is 14.4. The van der Waals surface area contributed by atoms with E-state index in [0.717, 1.165) is 28.9 Å². The van der Waals surface area contributed by atoms with E-state index >= 15 is 0 Å². The van der Waals surface area contributed by atoms with Crippen LogP contribution in [0.1, 0.15) is 63.1 Å². The number of phenolic OH excluding ortho intramolecular Hbond substituents is 1. The number of halogens is 2. The summed E-state index contributed by atoms with van der Waals surface area (Å²) >= 11 is -0.826. The van der Waals surface area contributed by atoms with Crippen molar-refractivity contribution in [3.63, 3.8) is 0 Å². The Morgan fingerprint density at radius 2 is 1.77 bits per heavy atom. The van der Waals surface area contributed by atoms with E-state index in [2.05, 4.69) is 32.9 Å². The first kappa shape index (κ1) is 25.4. The molecule has 0 saturated heterocycles. The van der Waals surface area contributed by atoms with Gasteiger partial charge in [0.25, 0.3) is 0 Å². The van der Waals surface area contributed by atoms with Crippen LogP contribution in [0.4, 0.5) is 0 Å². The van der Waals surface area contributed by atoms with Gasteiger partial charge in [0, 0.05) is 22.8 Å². The van der Waals surface area contributed by atoms with Gasteiger partial charge in [0.2, 0.25) is 0 Å². The monoisotopic (exact) mass is 525 g/mol. The summed E-state index contributed by atoms with van der Waals surface area (Å²) in [5.41, 5.74) is 2.38. The zero-order chi connectivity index (χ0) is 22.1. The molecule has 1 aliphatic rings. The van der Waals surface area contributed by atoms with Crippen molar-refractivity contribution in [3.8, 4) is 11.5 Å². The fourth-order valence-corrected chi connectivity index (χ4v) is 4.03. The molecule has 6 heteroatoms. The minimum absolute atomic E-state index is 0.289. The van der Waals surface area contributed by atoms with Crippen molar-refractivity contribution >= 4 is 23.2 Å². The summed E-state index contributed by atoms with van der Waals surface area (Å²) in [6.45, 7) is 6.53. The molecule has 2 aromatic rings. The van der Waals surface area contributed by atoms with E-state index in [0.29, 0.717) is 12.0 Å². The van der Waals surface area contributed by atoms with E-state index in [4.69, 9.17) is 26.8 Å². The van der Waals surface area contributed by atoms with Gasteiger partial charge in [-0.1, -0.05) is 63.9 Å². The van der Waals surface area contributed by atoms with Crippen LogP contribution in [-0.2, 0) is 26.3 Å². The molecule has 30 heavy (non-hydrogen) atoms. The predicted octanol–water partition coefficient (Wildman–Crippen LogP) is 7.10. The molecular formula is C24H31Cl2NO2Zr. The van der Waals surface area contributed by atoms with Crippen LogP contribution in [0.2, 0.25) is 0 Å². The molecule has 1 saturated carbocycles. The van der Waals surface area contributed by atoms with Gasteiger partial charge < -0.3 is 9.84 Å². The summed E-state index contributed by atoms with van der Waals surface area (Å²) < 4.78 is 5.52. The Morgan fingerprint density at radius 3 is 2.37 bits per heavy atom. The number of nitrogens with zero attached hydrogens (tertiary/aromatic N) is 1. The molecule has 0 spiro atoms. The second-order valence-corrected chi connectivity index (χ2v) is 12.0. The zero-order valence-corrected chi connectivity index (χ0v) is 22.1. The van der Waals surface area contributed by atoms with Crippen LogP contribution in [0.15, 0.2) is 47.5 Å². The average molecular weight is 528 g/mol. The first-order valence-corrected chi connectivity index (χ1v) is 16.6. The quantitative estimate of drug-likeness (QED) is 0.422. The number of hydrogen-bond acceptors (Lipinski definition) is 3. The molecule has 1 fully saturated rings. The fourth-order valence-electron chi connectivity index (χ4n) is 4.03. The van der Waals surface area contributed by atoms with Gasteiger partial charge >= 0.3 is 37.9 Å². The van der Waals surface area contributed by atoms with Crippen molar-refractivity contribution in [1.82, 2.24) is 0 Å². The van der Waals surface area contributed by atoms with Crippen LogP contribution in [0.25, 0.3) is 0 Å². The first-order chi connectivity index (χ1) is 14.3.